The Bertz CT molecular complexity index is 444. The predicted octanol–water partition coefficient (Wildman–Crippen LogP) is 2.87. The Kier molecular flexibility index (Phi) is 6.85. The summed E-state index contributed by atoms with van der Waals surface area (Å²) in [5.41, 5.74) is 1.80. The lowest BCUT2D eigenvalue weighted by Crippen LogP contribution is -2.29. The molecule has 19 heavy (non-hydrogen) atoms. The molecule has 1 N–H and O–H groups in total. The summed E-state index contributed by atoms with van der Waals surface area (Å²) in [7, 11) is 1.65. The molecule has 1 atom stereocenters. The third-order valence-corrected chi connectivity index (χ3v) is 3.34. The Labute approximate surface area is 122 Å². The van der Waals surface area contributed by atoms with E-state index in [1.54, 1.807) is 14.0 Å². The molecule has 4 nitrogen and oxygen atoms in total. The van der Waals surface area contributed by atoms with Crippen LogP contribution >= 0.6 is 15.9 Å². The van der Waals surface area contributed by atoms with Crippen LogP contribution in [-0.4, -0.2) is 31.9 Å². The van der Waals surface area contributed by atoms with Crippen LogP contribution in [-0.2, 0) is 4.74 Å². The van der Waals surface area contributed by atoms with E-state index in [9.17, 15) is 5.11 Å². The number of aliphatic hydroxyl groups is 1. The fourth-order valence-electron chi connectivity index (χ4n) is 1.88. The van der Waals surface area contributed by atoms with Crippen molar-refractivity contribution in [3.63, 3.8) is 0 Å². The van der Waals surface area contributed by atoms with Crippen molar-refractivity contribution in [2.45, 2.75) is 19.4 Å². The molecular formula is C14H19BrN2O2. The number of hydrogen-bond acceptors (Lipinski definition) is 4. The highest BCUT2D eigenvalue weighted by Gasteiger charge is 2.14. The van der Waals surface area contributed by atoms with Crippen LogP contribution in [0.25, 0.3) is 0 Å². The first kappa shape index (κ1) is 16.0. The number of methoxy groups -OCH3 is 1. The van der Waals surface area contributed by atoms with E-state index in [0.717, 1.165) is 15.7 Å². The molecular weight excluding hydrogens is 308 g/mol. The summed E-state index contributed by atoms with van der Waals surface area (Å²) in [5, 5.41) is 18.6. The Balaban J connectivity index is 3.04. The van der Waals surface area contributed by atoms with Crippen molar-refractivity contribution in [2.24, 2.45) is 0 Å². The average Bonchev–Trinajstić information content (AvgIpc) is 2.38. The fourth-order valence-corrected chi connectivity index (χ4v) is 2.23. The number of ether oxygens (including phenoxy) is 1. The number of aliphatic hydroxyl groups excluding tert-OH is 1. The summed E-state index contributed by atoms with van der Waals surface area (Å²) < 4.78 is 6.06. The van der Waals surface area contributed by atoms with Crippen molar-refractivity contribution in [2.75, 3.05) is 31.7 Å². The number of anilines is 1. The number of benzene rings is 1. The van der Waals surface area contributed by atoms with Gasteiger partial charge >= 0.3 is 0 Å². The highest BCUT2D eigenvalue weighted by molar-refractivity contribution is 9.10. The quantitative estimate of drug-likeness (QED) is 0.837. The number of nitrogens with zero attached hydrogens (tertiary/aromatic N) is 2. The lowest BCUT2D eigenvalue weighted by molar-refractivity contribution is 0.197. The van der Waals surface area contributed by atoms with Gasteiger partial charge in [0.15, 0.2) is 0 Å². The van der Waals surface area contributed by atoms with Gasteiger partial charge < -0.3 is 14.7 Å². The Morgan fingerprint density at radius 3 is 2.79 bits per heavy atom. The summed E-state index contributed by atoms with van der Waals surface area (Å²) in [4.78, 5) is 2.07. The number of nitriles is 1. The van der Waals surface area contributed by atoms with Gasteiger partial charge in [0.25, 0.3) is 0 Å². The molecule has 0 aliphatic carbocycles. The zero-order valence-corrected chi connectivity index (χ0v) is 12.9. The first-order chi connectivity index (χ1) is 9.10. The molecule has 0 bridgehead atoms. The van der Waals surface area contributed by atoms with E-state index >= 15 is 0 Å². The monoisotopic (exact) mass is 326 g/mol. The second-order valence-corrected chi connectivity index (χ2v) is 5.18. The van der Waals surface area contributed by atoms with Crippen LogP contribution in [0.1, 0.15) is 25.0 Å². The average molecular weight is 327 g/mol. The van der Waals surface area contributed by atoms with Gasteiger partial charge in [-0.25, -0.2) is 0 Å². The van der Waals surface area contributed by atoms with E-state index in [-0.39, 0.29) is 0 Å². The summed E-state index contributed by atoms with van der Waals surface area (Å²) in [6.45, 7) is 3.63. The first-order valence-electron chi connectivity index (χ1n) is 6.18. The van der Waals surface area contributed by atoms with Gasteiger partial charge in [0.2, 0.25) is 0 Å². The third-order valence-electron chi connectivity index (χ3n) is 2.84. The van der Waals surface area contributed by atoms with E-state index in [2.05, 4.69) is 26.9 Å². The van der Waals surface area contributed by atoms with Gasteiger partial charge in [-0.2, -0.15) is 5.26 Å². The summed E-state index contributed by atoms with van der Waals surface area (Å²) in [5.74, 6) is 0. The van der Waals surface area contributed by atoms with Gasteiger partial charge in [-0.1, -0.05) is 22.0 Å². The van der Waals surface area contributed by atoms with Crippen LogP contribution in [0.3, 0.4) is 0 Å². The van der Waals surface area contributed by atoms with Gasteiger partial charge in [0, 0.05) is 35.9 Å². The summed E-state index contributed by atoms with van der Waals surface area (Å²) >= 11 is 3.45. The van der Waals surface area contributed by atoms with Crippen molar-refractivity contribution in [3.8, 4) is 6.07 Å². The maximum absolute atomic E-state index is 9.86. The molecule has 0 fully saturated rings. The highest BCUT2D eigenvalue weighted by atomic mass is 79.9. The SMILES string of the molecule is COCCN(CCC#N)c1cc(Br)ccc1C(C)O. The molecule has 104 valence electrons. The fraction of sp³-hybridized carbons (Fsp3) is 0.500. The molecule has 1 rings (SSSR count). The Morgan fingerprint density at radius 1 is 1.47 bits per heavy atom. The van der Waals surface area contributed by atoms with Crippen LogP contribution in [0.5, 0.6) is 0 Å². The van der Waals surface area contributed by atoms with Gasteiger partial charge in [-0.15, -0.1) is 0 Å². The van der Waals surface area contributed by atoms with Crippen molar-refractivity contribution in [1.82, 2.24) is 0 Å². The molecule has 1 aromatic rings. The van der Waals surface area contributed by atoms with Crippen molar-refractivity contribution in [1.29, 1.82) is 5.26 Å². The lowest BCUT2D eigenvalue weighted by Gasteiger charge is -2.27. The molecule has 0 aliphatic heterocycles. The number of hydrogen-bond donors (Lipinski definition) is 1. The Morgan fingerprint density at radius 2 is 2.21 bits per heavy atom. The van der Waals surface area contributed by atoms with Crippen molar-refractivity contribution < 1.29 is 9.84 Å². The van der Waals surface area contributed by atoms with Crippen LogP contribution in [0.2, 0.25) is 0 Å². The van der Waals surface area contributed by atoms with Crippen molar-refractivity contribution >= 4 is 21.6 Å². The zero-order valence-electron chi connectivity index (χ0n) is 11.3. The normalized spacial score (nSPS) is 11.9. The van der Waals surface area contributed by atoms with E-state index in [1.807, 2.05) is 18.2 Å². The van der Waals surface area contributed by atoms with Gasteiger partial charge in [-0.05, 0) is 19.1 Å². The van der Waals surface area contributed by atoms with Crippen LogP contribution in [0.15, 0.2) is 22.7 Å². The molecule has 0 heterocycles. The summed E-state index contributed by atoms with van der Waals surface area (Å²) in [6.07, 6.45) is -0.106. The number of halogens is 1. The minimum absolute atomic E-state index is 0.440. The molecule has 0 aromatic heterocycles. The van der Waals surface area contributed by atoms with E-state index in [0.29, 0.717) is 26.1 Å². The maximum Gasteiger partial charge on any atom is 0.0782 e. The molecule has 0 aliphatic rings. The molecule has 0 spiro atoms. The largest absolute Gasteiger partial charge is 0.389 e. The van der Waals surface area contributed by atoms with Gasteiger partial charge in [-0.3, -0.25) is 0 Å². The highest BCUT2D eigenvalue weighted by Crippen LogP contribution is 2.29. The second kappa shape index (κ2) is 8.16. The molecule has 0 radical (unpaired) electrons. The Hall–Kier alpha value is -1.09. The maximum atomic E-state index is 9.86. The molecule has 1 aromatic carbocycles. The minimum Gasteiger partial charge on any atom is -0.389 e. The first-order valence-corrected chi connectivity index (χ1v) is 6.97. The molecule has 0 amide bonds. The van der Waals surface area contributed by atoms with Gasteiger partial charge in [0.05, 0.1) is 25.2 Å². The third kappa shape index (κ3) is 4.83. The predicted molar refractivity (Wildman–Crippen MR) is 79.1 cm³/mol. The minimum atomic E-state index is -0.546. The van der Waals surface area contributed by atoms with E-state index in [4.69, 9.17) is 10.00 Å². The smallest absolute Gasteiger partial charge is 0.0782 e. The topological polar surface area (TPSA) is 56.5 Å². The summed E-state index contributed by atoms with van der Waals surface area (Å²) in [6, 6.07) is 7.92. The van der Waals surface area contributed by atoms with Crippen LogP contribution < -0.4 is 4.90 Å². The molecule has 0 saturated carbocycles. The van der Waals surface area contributed by atoms with Crippen molar-refractivity contribution in [3.05, 3.63) is 28.2 Å². The van der Waals surface area contributed by atoms with Gasteiger partial charge in [0.1, 0.15) is 0 Å². The second-order valence-electron chi connectivity index (χ2n) is 4.27. The zero-order chi connectivity index (χ0) is 14.3. The molecule has 1 unspecified atom stereocenters. The lowest BCUT2D eigenvalue weighted by atomic mass is 10.1. The standard InChI is InChI=1S/C14H19BrN2O2/c1-11(18)13-5-4-12(15)10-14(13)17(7-3-6-16)8-9-19-2/h4-5,10-11,18H,3,7-9H2,1-2H3. The van der Waals surface area contributed by atoms with Crippen LogP contribution in [0, 0.1) is 11.3 Å². The van der Waals surface area contributed by atoms with E-state index in [1.165, 1.54) is 0 Å². The molecule has 0 saturated heterocycles. The molecule has 5 heteroatoms. The number of rotatable bonds is 7. The van der Waals surface area contributed by atoms with Crippen LogP contribution in [0.4, 0.5) is 5.69 Å². The van der Waals surface area contributed by atoms with E-state index < -0.39 is 6.10 Å².